The van der Waals surface area contributed by atoms with Crippen molar-refractivity contribution in [1.29, 1.82) is 0 Å². The van der Waals surface area contributed by atoms with E-state index in [1.807, 2.05) is 0 Å². The van der Waals surface area contributed by atoms with Crippen LogP contribution >= 0.6 is 0 Å². The molecule has 2 unspecified atom stereocenters. The van der Waals surface area contributed by atoms with Crippen molar-refractivity contribution < 1.29 is 145 Å². The van der Waals surface area contributed by atoms with Crippen molar-refractivity contribution in [3.05, 3.63) is 0 Å². The number of hydrogen-bond donors (Lipinski definition) is 0. The third kappa shape index (κ3) is 10.4. The maximum atomic E-state index is 11.1. The van der Waals surface area contributed by atoms with Gasteiger partial charge in [-0.25, -0.2) is 25.3 Å². The van der Waals surface area contributed by atoms with Crippen LogP contribution in [0.1, 0.15) is 0 Å². The van der Waals surface area contributed by atoms with Crippen molar-refractivity contribution >= 4 is 30.6 Å². The normalized spacial score (nSPS) is 26.2. The van der Waals surface area contributed by atoms with Crippen LogP contribution in [0.15, 0.2) is 0 Å². The first-order valence-corrected chi connectivity index (χ1v) is 8.35. The summed E-state index contributed by atoms with van der Waals surface area (Å²) < 4.78 is 91.3. The van der Waals surface area contributed by atoms with Gasteiger partial charge in [0.15, 0.2) is 9.84 Å². The molecule has 10 nitrogen and oxygen atoms in total. The first-order chi connectivity index (χ1) is 7.38. The molecular formula is C4H6K2O10S3. The molecule has 2 atom stereocenters. The summed E-state index contributed by atoms with van der Waals surface area (Å²) in [6, 6.07) is 0. The summed E-state index contributed by atoms with van der Waals surface area (Å²) in [5, 5.41) is 0. The number of sulfone groups is 1. The fraction of sp³-hybridized carbons (Fsp3) is 1.00. The molecule has 0 radical (unpaired) electrons. The SMILES string of the molecule is O=S1(=O)CC(OS(=O)(=O)[O-])C(OS(=O)(=O)[O-])C1.[K+].[K+]. The second-order valence-corrected chi connectivity index (χ2v) is 7.33. The third-order valence-corrected chi connectivity index (χ3v) is 4.37. The molecule has 0 aromatic rings. The van der Waals surface area contributed by atoms with E-state index in [-0.39, 0.29) is 103 Å². The largest absolute Gasteiger partial charge is 1.00 e. The molecule has 1 heterocycles. The van der Waals surface area contributed by atoms with Gasteiger partial charge in [-0.1, -0.05) is 0 Å². The van der Waals surface area contributed by atoms with Crippen molar-refractivity contribution in [3.8, 4) is 0 Å². The summed E-state index contributed by atoms with van der Waals surface area (Å²) >= 11 is 0. The van der Waals surface area contributed by atoms with Crippen LogP contribution in [0.2, 0.25) is 0 Å². The van der Waals surface area contributed by atoms with E-state index in [4.69, 9.17) is 0 Å². The van der Waals surface area contributed by atoms with Gasteiger partial charge in [0.25, 0.3) is 0 Å². The third-order valence-electron chi connectivity index (χ3n) is 1.73. The zero-order valence-electron chi connectivity index (χ0n) is 9.88. The molecule has 0 spiro atoms. The second-order valence-electron chi connectivity index (χ2n) is 3.16. The fourth-order valence-corrected chi connectivity index (χ4v) is 4.13. The van der Waals surface area contributed by atoms with Crippen molar-refractivity contribution in [2.45, 2.75) is 12.2 Å². The molecule has 0 aromatic heterocycles. The van der Waals surface area contributed by atoms with Crippen molar-refractivity contribution in [2.24, 2.45) is 0 Å². The summed E-state index contributed by atoms with van der Waals surface area (Å²) in [6.45, 7) is 0. The van der Waals surface area contributed by atoms with Gasteiger partial charge in [0.1, 0.15) is 12.2 Å². The molecule has 1 aliphatic rings. The summed E-state index contributed by atoms with van der Waals surface area (Å²) in [6.07, 6.45) is -3.68. The van der Waals surface area contributed by atoms with Gasteiger partial charge in [0.05, 0.1) is 11.5 Å². The maximum absolute atomic E-state index is 11.1. The standard InChI is InChI=1S/C4H8O10S3.2K/c5-15(6)1-3(13-16(7,8)9)4(2-15)14-17(10,11)12;;/h3-4H,1-2H2,(H,7,8,9)(H,10,11,12);;/q;2*+1/p-2. The topological polar surface area (TPSA) is 167 Å². The van der Waals surface area contributed by atoms with E-state index < -0.39 is 54.3 Å². The molecule has 1 fully saturated rings. The van der Waals surface area contributed by atoms with Gasteiger partial charge in [-0.3, -0.25) is 8.37 Å². The van der Waals surface area contributed by atoms with Gasteiger partial charge in [-0.15, -0.1) is 0 Å². The minimum atomic E-state index is -5.24. The van der Waals surface area contributed by atoms with Gasteiger partial charge < -0.3 is 9.11 Å². The molecule has 1 saturated heterocycles. The van der Waals surface area contributed by atoms with Crippen LogP contribution in [0.3, 0.4) is 0 Å². The predicted molar refractivity (Wildman–Crippen MR) is 47.8 cm³/mol. The summed E-state index contributed by atoms with van der Waals surface area (Å²) in [7, 11) is -14.3. The van der Waals surface area contributed by atoms with Crippen molar-refractivity contribution in [1.82, 2.24) is 0 Å². The quantitative estimate of drug-likeness (QED) is 0.256. The fourth-order valence-electron chi connectivity index (χ4n) is 1.27. The Morgan fingerprint density at radius 2 is 1.11 bits per heavy atom. The molecule has 0 aromatic carbocycles. The van der Waals surface area contributed by atoms with Gasteiger partial charge >= 0.3 is 103 Å². The zero-order valence-corrected chi connectivity index (χ0v) is 18.6. The molecule has 102 valence electrons. The van der Waals surface area contributed by atoms with Crippen molar-refractivity contribution in [3.63, 3.8) is 0 Å². The van der Waals surface area contributed by atoms with Crippen LogP contribution in [-0.4, -0.2) is 58.1 Å². The number of hydrogen-bond acceptors (Lipinski definition) is 10. The van der Waals surface area contributed by atoms with Gasteiger partial charge in [0.2, 0.25) is 20.8 Å². The predicted octanol–water partition coefficient (Wildman–Crippen LogP) is -8.89. The van der Waals surface area contributed by atoms with E-state index in [1.165, 1.54) is 0 Å². The minimum absolute atomic E-state index is 0. The van der Waals surface area contributed by atoms with E-state index in [0.29, 0.717) is 0 Å². The Kier molecular flexibility index (Phi) is 11.1. The molecule has 1 aliphatic heterocycles. The smallest absolute Gasteiger partial charge is 0.726 e. The van der Waals surface area contributed by atoms with E-state index in [2.05, 4.69) is 8.37 Å². The van der Waals surface area contributed by atoms with E-state index in [0.717, 1.165) is 0 Å². The van der Waals surface area contributed by atoms with Gasteiger partial charge in [-0.2, -0.15) is 0 Å². The Hall–Kier alpha value is 2.96. The summed E-state index contributed by atoms with van der Waals surface area (Å²) in [5.74, 6) is -1.84. The summed E-state index contributed by atoms with van der Waals surface area (Å²) in [4.78, 5) is 0. The number of rotatable bonds is 4. The monoisotopic (exact) mass is 388 g/mol. The molecular weight excluding hydrogens is 382 g/mol. The van der Waals surface area contributed by atoms with Crippen LogP contribution in [0.4, 0.5) is 0 Å². The van der Waals surface area contributed by atoms with Crippen molar-refractivity contribution in [2.75, 3.05) is 11.5 Å². The Morgan fingerprint density at radius 1 is 0.842 bits per heavy atom. The average Bonchev–Trinajstić information content (AvgIpc) is 2.17. The van der Waals surface area contributed by atoms with Crippen LogP contribution in [-0.2, 0) is 39.0 Å². The molecule has 0 N–H and O–H groups in total. The van der Waals surface area contributed by atoms with Gasteiger partial charge in [-0.05, 0) is 0 Å². The summed E-state index contributed by atoms with van der Waals surface area (Å²) in [5.41, 5.74) is 0. The first-order valence-electron chi connectivity index (χ1n) is 3.87. The van der Waals surface area contributed by atoms with Crippen LogP contribution in [0, 0.1) is 0 Å². The van der Waals surface area contributed by atoms with E-state index in [9.17, 15) is 34.4 Å². The molecule has 0 bridgehead atoms. The van der Waals surface area contributed by atoms with E-state index in [1.54, 1.807) is 0 Å². The Labute approximate surface area is 195 Å². The second kappa shape index (κ2) is 8.71. The minimum Gasteiger partial charge on any atom is -0.726 e. The zero-order chi connectivity index (χ0) is 13.5. The van der Waals surface area contributed by atoms with Gasteiger partial charge in [0, 0.05) is 0 Å². The maximum Gasteiger partial charge on any atom is 1.00 e. The Bertz CT molecular complexity index is 543. The van der Waals surface area contributed by atoms with Crippen LogP contribution in [0.25, 0.3) is 0 Å². The van der Waals surface area contributed by atoms with E-state index >= 15 is 0 Å². The first kappa shape index (κ1) is 24.2. The van der Waals surface area contributed by atoms with Crippen LogP contribution < -0.4 is 103 Å². The molecule has 0 saturated carbocycles. The Balaban J connectivity index is 0. The molecule has 15 heteroatoms. The molecule has 1 rings (SSSR count). The molecule has 0 amide bonds. The average molecular weight is 388 g/mol. The van der Waals surface area contributed by atoms with Crippen LogP contribution in [0.5, 0.6) is 0 Å². The molecule has 0 aliphatic carbocycles. The Morgan fingerprint density at radius 3 is 1.32 bits per heavy atom. The molecule has 19 heavy (non-hydrogen) atoms.